The molecule has 0 unspecified atom stereocenters. The summed E-state index contributed by atoms with van der Waals surface area (Å²) in [6, 6.07) is 12.4. The molecule has 0 spiro atoms. The number of amides is 1. The predicted octanol–water partition coefficient (Wildman–Crippen LogP) is 2.68. The predicted molar refractivity (Wildman–Crippen MR) is 99.0 cm³/mol. The molecule has 3 rings (SSSR count). The normalized spacial score (nSPS) is 10.9. The average molecular weight is 352 g/mol. The van der Waals surface area contributed by atoms with E-state index in [1.807, 2.05) is 32.0 Å². The van der Waals surface area contributed by atoms with Gasteiger partial charge in [-0.3, -0.25) is 4.79 Å². The van der Waals surface area contributed by atoms with Crippen LogP contribution in [-0.2, 0) is 6.61 Å². The van der Waals surface area contributed by atoms with E-state index in [9.17, 15) is 4.79 Å². The van der Waals surface area contributed by atoms with Crippen molar-refractivity contribution in [1.82, 2.24) is 9.97 Å². The smallest absolute Gasteiger partial charge is 0.248 e. The summed E-state index contributed by atoms with van der Waals surface area (Å²) in [5, 5.41) is 0.776. The third kappa shape index (κ3) is 4.00. The summed E-state index contributed by atoms with van der Waals surface area (Å²) >= 11 is 0. The first-order valence-corrected chi connectivity index (χ1v) is 8.18. The summed E-state index contributed by atoms with van der Waals surface area (Å²) in [7, 11) is 0. The van der Waals surface area contributed by atoms with Gasteiger partial charge in [-0.25, -0.2) is 4.98 Å². The monoisotopic (exact) mass is 352 g/mol. The number of primary amides is 1. The molecule has 4 N–H and O–H groups in total. The lowest BCUT2D eigenvalue weighted by Crippen LogP contribution is -2.10. The van der Waals surface area contributed by atoms with Gasteiger partial charge in [-0.2, -0.15) is 4.98 Å². The fourth-order valence-electron chi connectivity index (χ4n) is 2.45. The molecule has 0 aliphatic heterocycles. The van der Waals surface area contributed by atoms with Crippen LogP contribution in [0, 0.1) is 0 Å². The Morgan fingerprint density at radius 2 is 1.85 bits per heavy atom. The number of fused-ring (bicyclic) bond motifs is 1. The van der Waals surface area contributed by atoms with E-state index in [1.54, 1.807) is 24.3 Å². The highest BCUT2D eigenvalue weighted by Gasteiger charge is 2.10. The van der Waals surface area contributed by atoms with E-state index >= 15 is 0 Å². The van der Waals surface area contributed by atoms with E-state index in [-0.39, 0.29) is 12.1 Å². The zero-order chi connectivity index (χ0) is 18.7. The van der Waals surface area contributed by atoms with E-state index in [2.05, 4.69) is 9.97 Å². The van der Waals surface area contributed by atoms with Crippen LogP contribution in [0.1, 0.15) is 29.8 Å². The highest BCUT2D eigenvalue weighted by Crippen LogP contribution is 2.26. The van der Waals surface area contributed by atoms with Gasteiger partial charge >= 0.3 is 0 Å². The van der Waals surface area contributed by atoms with Crippen molar-refractivity contribution in [2.45, 2.75) is 26.6 Å². The maximum Gasteiger partial charge on any atom is 0.248 e. The quantitative estimate of drug-likeness (QED) is 0.705. The molecule has 1 heterocycles. The summed E-state index contributed by atoms with van der Waals surface area (Å²) in [5.74, 6) is 0.798. The number of benzene rings is 2. The summed E-state index contributed by atoms with van der Waals surface area (Å²) in [4.78, 5) is 19.5. The molecule has 1 aromatic heterocycles. The van der Waals surface area contributed by atoms with Crippen LogP contribution in [0.25, 0.3) is 10.9 Å². The molecular formula is C19H20N4O3. The van der Waals surface area contributed by atoms with Gasteiger partial charge in [0.15, 0.2) is 0 Å². The van der Waals surface area contributed by atoms with E-state index in [0.717, 1.165) is 10.9 Å². The van der Waals surface area contributed by atoms with Gasteiger partial charge in [0.05, 0.1) is 17.0 Å². The lowest BCUT2D eigenvalue weighted by atomic mass is 10.1. The molecule has 0 aliphatic carbocycles. The van der Waals surface area contributed by atoms with E-state index < -0.39 is 5.91 Å². The second-order valence-electron chi connectivity index (χ2n) is 6.08. The zero-order valence-corrected chi connectivity index (χ0v) is 14.6. The SMILES string of the molecule is CC(C)Oc1nc(N)nc2ccc(COc3ccc(C(N)=O)cc3)cc12. The van der Waals surface area contributed by atoms with Gasteiger partial charge in [-0.1, -0.05) is 6.07 Å². The largest absolute Gasteiger partial charge is 0.489 e. The molecule has 0 bridgehead atoms. The Morgan fingerprint density at radius 1 is 1.12 bits per heavy atom. The lowest BCUT2D eigenvalue weighted by molar-refractivity contribution is 0.1000. The van der Waals surface area contributed by atoms with Crippen LogP contribution < -0.4 is 20.9 Å². The topological polar surface area (TPSA) is 113 Å². The van der Waals surface area contributed by atoms with Crippen molar-refractivity contribution in [3.05, 3.63) is 53.6 Å². The van der Waals surface area contributed by atoms with Gasteiger partial charge in [0.25, 0.3) is 0 Å². The third-order valence-corrected chi connectivity index (χ3v) is 3.63. The van der Waals surface area contributed by atoms with Crippen molar-refractivity contribution in [3.8, 4) is 11.6 Å². The van der Waals surface area contributed by atoms with Crippen molar-refractivity contribution < 1.29 is 14.3 Å². The molecule has 7 nitrogen and oxygen atoms in total. The molecule has 0 saturated heterocycles. The van der Waals surface area contributed by atoms with Gasteiger partial charge in [0, 0.05) is 5.56 Å². The summed E-state index contributed by atoms with van der Waals surface area (Å²) < 4.78 is 11.5. The fourth-order valence-corrected chi connectivity index (χ4v) is 2.45. The van der Waals surface area contributed by atoms with Crippen molar-refractivity contribution in [2.24, 2.45) is 5.73 Å². The van der Waals surface area contributed by atoms with Crippen LogP contribution in [-0.4, -0.2) is 22.0 Å². The Morgan fingerprint density at radius 3 is 2.50 bits per heavy atom. The van der Waals surface area contributed by atoms with Crippen LogP contribution in [0.15, 0.2) is 42.5 Å². The number of hydrogen-bond acceptors (Lipinski definition) is 6. The van der Waals surface area contributed by atoms with Gasteiger partial charge in [-0.15, -0.1) is 0 Å². The summed E-state index contributed by atoms with van der Waals surface area (Å²) in [5.41, 5.74) is 13.1. The Bertz CT molecular complexity index is 939. The first kappa shape index (κ1) is 17.5. The number of nitrogen functional groups attached to an aromatic ring is 1. The van der Waals surface area contributed by atoms with Gasteiger partial charge in [0.2, 0.25) is 17.7 Å². The molecule has 26 heavy (non-hydrogen) atoms. The molecule has 2 aromatic carbocycles. The number of nitrogens with two attached hydrogens (primary N) is 2. The molecular weight excluding hydrogens is 332 g/mol. The number of hydrogen-bond donors (Lipinski definition) is 2. The Labute approximate surface area is 151 Å². The van der Waals surface area contributed by atoms with Crippen LogP contribution in [0.5, 0.6) is 11.6 Å². The maximum atomic E-state index is 11.1. The molecule has 3 aromatic rings. The van der Waals surface area contributed by atoms with E-state index in [0.29, 0.717) is 29.3 Å². The van der Waals surface area contributed by atoms with Crippen LogP contribution in [0.4, 0.5) is 5.95 Å². The highest BCUT2D eigenvalue weighted by atomic mass is 16.5. The molecule has 0 atom stereocenters. The first-order chi connectivity index (χ1) is 12.4. The van der Waals surface area contributed by atoms with Crippen LogP contribution in [0.2, 0.25) is 0 Å². The van der Waals surface area contributed by atoms with Crippen LogP contribution >= 0.6 is 0 Å². The highest BCUT2D eigenvalue weighted by molar-refractivity contribution is 5.92. The molecule has 0 saturated carbocycles. The summed E-state index contributed by atoms with van der Waals surface area (Å²) in [6.07, 6.45) is -0.0313. The maximum absolute atomic E-state index is 11.1. The number of ether oxygens (including phenoxy) is 2. The molecule has 0 radical (unpaired) electrons. The second-order valence-corrected chi connectivity index (χ2v) is 6.08. The fraction of sp³-hybridized carbons (Fsp3) is 0.211. The molecule has 0 fully saturated rings. The van der Waals surface area contributed by atoms with Gasteiger partial charge in [0.1, 0.15) is 12.4 Å². The van der Waals surface area contributed by atoms with Crippen molar-refractivity contribution in [3.63, 3.8) is 0 Å². The first-order valence-electron chi connectivity index (χ1n) is 8.18. The van der Waals surface area contributed by atoms with Gasteiger partial charge < -0.3 is 20.9 Å². The number of carbonyl (C=O) groups is 1. The Hall–Kier alpha value is -3.35. The second kappa shape index (κ2) is 7.26. The Balaban J connectivity index is 1.82. The summed E-state index contributed by atoms with van der Waals surface area (Å²) in [6.45, 7) is 4.19. The van der Waals surface area contributed by atoms with Gasteiger partial charge in [-0.05, 0) is 55.8 Å². The standard InChI is InChI=1S/C19H20N4O3/c1-11(2)26-18-15-9-12(3-8-16(15)22-19(21)23-18)10-25-14-6-4-13(5-7-14)17(20)24/h3-9,11H,10H2,1-2H3,(H2,20,24)(H2,21,22,23). The van der Waals surface area contributed by atoms with Crippen molar-refractivity contribution >= 4 is 22.8 Å². The molecule has 1 amide bonds. The number of carbonyl (C=O) groups excluding carboxylic acids is 1. The third-order valence-electron chi connectivity index (χ3n) is 3.63. The molecule has 7 heteroatoms. The minimum Gasteiger partial charge on any atom is -0.489 e. The minimum absolute atomic E-state index is 0.0313. The van der Waals surface area contributed by atoms with Crippen molar-refractivity contribution in [1.29, 1.82) is 0 Å². The van der Waals surface area contributed by atoms with Crippen molar-refractivity contribution in [2.75, 3.05) is 5.73 Å². The lowest BCUT2D eigenvalue weighted by Gasteiger charge is -2.13. The van der Waals surface area contributed by atoms with Crippen LogP contribution in [0.3, 0.4) is 0 Å². The number of nitrogens with zero attached hydrogens (tertiary/aromatic N) is 2. The van der Waals surface area contributed by atoms with E-state index in [1.165, 1.54) is 0 Å². The number of aromatic nitrogens is 2. The molecule has 0 aliphatic rings. The minimum atomic E-state index is -0.469. The number of rotatable bonds is 6. The average Bonchev–Trinajstić information content (AvgIpc) is 2.60. The Kier molecular flexibility index (Phi) is 4.88. The number of anilines is 1. The van der Waals surface area contributed by atoms with E-state index in [4.69, 9.17) is 20.9 Å². The molecule has 134 valence electrons. The zero-order valence-electron chi connectivity index (χ0n) is 14.6.